The molecule has 0 fully saturated rings. The minimum Gasteiger partial charge on any atom is -0.311 e. The maximum absolute atomic E-state index is 10.7. The van der Waals surface area contributed by atoms with E-state index in [9.17, 15) is 5.26 Å². The molecule has 0 aliphatic carbocycles. The molecule has 0 saturated carbocycles. The lowest BCUT2D eigenvalue weighted by molar-refractivity contribution is 1.12. The van der Waals surface area contributed by atoms with Crippen LogP contribution in [-0.4, -0.2) is 13.7 Å². The average Bonchev–Trinajstić information content (AvgIpc) is 3.89. The molecule has 3 heterocycles. The van der Waals surface area contributed by atoms with Crippen LogP contribution < -0.4 is 0 Å². The predicted molar refractivity (Wildman–Crippen MR) is 226 cm³/mol. The van der Waals surface area contributed by atoms with Gasteiger partial charge >= 0.3 is 0 Å². The number of fused-ring (bicyclic) bond motifs is 9. The van der Waals surface area contributed by atoms with E-state index in [1.54, 1.807) is 0 Å². The van der Waals surface area contributed by atoms with Crippen molar-refractivity contribution in [1.82, 2.24) is 13.7 Å². The zero-order valence-corrected chi connectivity index (χ0v) is 29.5. The molecule has 0 aliphatic heterocycles. The van der Waals surface area contributed by atoms with E-state index < -0.39 is 0 Å². The van der Waals surface area contributed by atoms with Crippen LogP contribution >= 0.6 is 0 Å². The normalized spacial score (nSPS) is 11.6. The lowest BCUT2D eigenvalue weighted by Gasteiger charge is -2.16. The van der Waals surface area contributed by atoms with Gasteiger partial charge in [0.25, 0.3) is 0 Å². The highest BCUT2D eigenvalue weighted by atomic mass is 15.1. The Balaban J connectivity index is 1.17. The van der Waals surface area contributed by atoms with Gasteiger partial charge in [0.05, 0.1) is 51.1 Å². The van der Waals surface area contributed by atoms with Gasteiger partial charge in [-0.25, -0.2) is 4.85 Å². The van der Waals surface area contributed by atoms with E-state index in [0.29, 0.717) is 11.3 Å². The Morgan fingerprint density at radius 2 is 0.982 bits per heavy atom. The molecule has 0 N–H and O–H groups in total. The van der Waals surface area contributed by atoms with Crippen molar-refractivity contribution < 1.29 is 0 Å². The van der Waals surface area contributed by atoms with Crippen LogP contribution in [0.3, 0.4) is 0 Å². The Morgan fingerprint density at radius 3 is 1.67 bits per heavy atom. The summed E-state index contributed by atoms with van der Waals surface area (Å²) in [6, 6.07) is 63.6. The Hall–Kier alpha value is -7.86. The third-order valence-corrected chi connectivity index (χ3v) is 11.1. The monoisotopic (exact) mass is 699 g/mol. The maximum Gasteiger partial charge on any atom is 0.197 e. The van der Waals surface area contributed by atoms with Gasteiger partial charge in [0.1, 0.15) is 6.07 Å². The highest BCUT2D eigenvalue weighted by Gasteiger charge is 2.22. The lowest BCUT2D eigenvalue weighted by Crippen LogP contribution is -2.02. The summed E-state index contributed by atoms with van der Waals surface area (Å²) in [6.07, 6.45) is 0. The highest BCUT2D eigenvalue weighted by molar-refractivity contribution is 6.16. The standard InChI is InChI=1S/C50H29N5/c1-52-41-20-12-25-46-49(41)40-18-5-9-24-45(40)53(46)35-14-10-13-32(29-35)33-27-28-34(31-51)48(30-33)55-44-23-8-4-17-38(44)39-19-11-26-47(50(39)55)54-42-21-6-2-15-36(42)37-16-3-7-22-43(37)54/h2-30H. The van der Waals surface area contributed by atoms with E-state index in [2.05, 4.69) is 164 Å². The molecule has 0 unspecified atom stereocenters. The van der Waals surface area contributed by atoms with Gasteiger partial charge in [-0.1, -0.05) is 115 Å². The zero-order valence-electron chi connectivity index (χ0n) is 29.5. The van der Waals surface area contributed by atoms with Gasteiger partial charge in [-0.2, -0.15) is 5.26 Å². The number of para-hydroxylation sites is 5. The molecule has 11 aromatic rings. The second-order valence-corrected chi connectivity index (χ2v) is 13.9. The van der Waals surface area contributed by atoms with Crippen molar-refractivity contribution in [3.63, 3.8) is 0 Å². The number of nitriles is 1. The molecular formula is C50H29N5. The fourth-order valence-corrected chi connectivity index (χ4v) is 8.80. The highest BCUT2D eigenvalue weighted by Crippen LogP contribution is 2.42. The van der Waals surface area contributed by atoms with Gasteiger partial charge in [-0.3, -0.25) is 0 Å². The molecule has 0 atom stereocenters. The van der Waals surface area contributed by atoms with Gasteiger partial charge in [0, 0.05) is 38.1 Å². The van der Waals surface area contributed by atoms with E-state index in [1.807, 2.05) is 36.4 Å². The maximum atomic E-state index is 10.7. The zero-order chi connectivity index (χ0) is 36.6. The van der Waals surface area contributed by atoms with Gasteiger partial charge in [0.15, 0.2) is 5.69 Å². The Morgan fingerprint density at radius 1 is 0.436 bits per heavy atom. The molecule has 0 bridgehead atoms. The quantitative estimate of drug-likeness (QED) is 0.169. The van der Waals surface area contributed by atoms with E-state index in [-0.39, 0.29) is 0 Å². The SMILES string of the molecule is [C-]#[N+]c1cccc2c1c1ccccc1n2-c1cccc(-c2ccc(C#N)c(-n3c4ccccc4c4cccc(-n5c6ccccc6c6ccccc65)c43)c2)c1. The van der Waals surface area contributed by atoms with Crippen molar-refractivity contribution in [2.75, 3.05) is 0 Å². The first kappa shape index (κ1) is 30.7. The fraction of sp³-hybridized carbons (Fsp3) is 0. The first-order chi connectivity index (χ1) is 27.2. The molecule has 0 amide bonds. The summed E-state index contributed by atoms with van der Waals surface area (Å²) in [5.41, 5.74) is 12.5. The average molecular weight is 700 g/mol. The number of hydrogen-bond donors (Lipinski definition) is 0. The van der Waals surface area contributed by atoms with E-state index in [1.165, 1.54) is 10.8 Å². The molecule has 5 nitrogen and oxygen atoms in total. The Kier molecular flexibility index (Phi) is 6.61. The van der Waals surface area contributed by atoms with E-state index in [4.69, 9.17) is 6.57 Å². The lowest BCUT2D eigenvalue weighted by atomic mass is 10.0. The van der Waals surface area contributed by atoms with Gasteiger partial charge in [-0.05, 0) is 77.2 Å². The summed E-state index contributed by atoms with van der Waals surface area (Å²) in [7, 11) is 0. The molecule has 8 aromatic carbocycles. The van der Waals surface area contributed by atoms with Crippen LogP contribution in [0.15, 0.2) is 176 Å². The number of hydrogen-bond acceptors (Lipinski definition) is 1. The summed E-state index contributed by atoms with van der Waals surface area (Å²) in [4.78, 5) is 3.87. The topological polar surface area (TPSA) is 42.9 Å². The molecule has 0 saturated heterocycles. The van der Waals surface area contributed by atoms with E-state index >= 15 is 0 Å². The second-order valence-electron chi connectivity index (χ2n) is 13.9. The predicted octanol–water partition coefficient (Wildman–Crippen LogP) is 13.1. The third-order valence-electron chi connectivity index (χ3n) is 11.1. The van der Waals surface area contributed by atoms with Crippen molar-refractivity contribution >= 4 is 71.1 Å². The van der Waals surface area contributed by atoms with Crippen LogP contribution in [0, 0.1) is 17.9 Å². The van der Waals surface area contributed by atoms with Gasteiger partial charge in [-0.15, -0.1) is 0 Å². The molecule has 254 valence electrons. The molecule has 5 heteroatoms. The van der Waals surface area contributed by atoms with Gasteiger partial charge < -0.3 is 13.7 Å². The van der Waals surface area contributed by atoms with Crippen LogP contribution in [0.4, 0.5) is 5.69 Å². The van der Waals surface area contributed by atoms with Crippen molar-refractivity contribution in [3.8, 4) is 34.3 Å². The first-order valence-electron chi connectivity index (χ1n) is 18.3. The van der Waals surface area contributed by atoms with Gasteiger partial charge in [0.2, 0.25) is 0 Å². The summed E-state index contributed by atoms with van der Waals surface area (Å²) >= 11 is 0. The van der Waals surface area contributed by atoms with Crippen molar-refractivity contribution in [1.29, 1.82) is 5.26 Å². The van der Waals surface area contributed by atoms with Crippen LogP contribution in [-0.2, 0) is 0 Å². The number of benzene rings is 8. The third kappa shape index (κ3) is 4.39. The molecular weight excluding hydrogens is 671 g/mol. The van der Waals surface area contributed by atoms with Crippen molar-refractivity contribution in [2.24, 2.45) is 0 Å². The number of rotatable bonds is 4. The molecule has 11 rings (SSSR count). The second kappa shape index (κ2) is 11.8. The number of nitrogens with zero attached hydrogens (tertiary/aromatic N) is 5. The fourth-order valence-electron chi connectivity index (χ4n) is 8.80. The molecule has 0 radical (unpaired) electrons. The molecule has 55 heavy (non-hydrogen) atoms. The van der Waals surface area contributed by atoms with Crippen molar-refractivity contribution in [3.05, 3.63) is 193 Å². The minimum atomic E-state index is 0.591. The smallest absolute Gasteiger partial charge is 0.197 e. The van der Waals surface area contributed by atoms with Crippen LogP contribution in [0.25, 0.3) is 98.5 Å². The number of aromatic nitrogens is 3. The molecule has 3 aromatic heterocycles. The van der Waals surface area contributed by atoms with Crippen LogP contribution in [0.1, 0.15) is 5.56 Å². The summed E-state index contributed by atoms with van der Waals surface area (Å²) < 4.78 is 6.90. The first-order valence-corrected chi connectivity index (χ1v) is 18.3. The summed E-state index contributed by atoms with van der Waals surface area (Å²) in [5.74, 6) is 0. The minimum absolute atomic E-state index is 0.591. The van der Waals surface area contributed by atoms with Crippen molar-refractivity contribution in [2.45, 2.75) is 0 Å². The summed E-state index contributed by atoms with van der Waals surface area (Å²) in [5, 5.41) is 17.3. The molecule has 0 spiro atoms. The van der Waals surface area contributed by atoms with E-state index in [0.717, 1.165) is 82.8 Å². The Bertz CT molecular complexity index is 3420. The molecule has 0 aliphatic rings. The Labute approximate surface area is 316 Å². The van der Waals surface area contributed by atoms with Crippen LogP contribution in [0.2, 0.25) is 0 Å². The largest absolute Gasteiger partial charge is 0.311 e. The van der Waals surface area contributed by atoms with Crippen LogP contribution in [0.5, 0.6) is 0 Å². The summed E-state index contributed by atoms with van der Waals surface area (Å²) in [6.45, 7) is 7.89.